The molecular weight excluding hydrogens is 240 g/mol. The third-order valence-corrected chi connectivity index (χ3v) is 3.18. The number of hydrogen-bond donors (Lipinski definition) is 1. The smallest absolute Gasteiger partial charge is 0.196 e. The molecule has 1 aliphatic rings. The summed E-state index contributed by atoms with van der Waals surface area (Å²) in [6.45, 7) is 5.15. The highest BCUT2D eigenvalue weighted by Crippen LogP contribution is 2.07. The molecule has 1 aromatic carbocycles. The Morgan fingerprint density at radius 1 is 1.16 bits per heavy atom. The van der Waals surface area contributed by atoms with E-state index in [2.05, 4.69) is 22.5 Å². The summed E-state index contributed by atoms with van der Waals surface area (Å²) in [5, 5.41) is 4.27. The van der Waals surface area contributed by atoms with Crippen molar-refractivity contribution in [3.8, 4) is 0 Å². The van der Waals surface area contributed by atoms with Crippen LogP contribution in [0.25, 0.3) is 0 Å². The first-order valence-corrected chi connectivity index (χ1v) is 6.50. The average molecular weight is 260 g/mol. The van der Waals surface area contributed by atoms with E-state index in [1.165, 1.54) is 0 Å². The molecule has 0 atom stereocenters. The molecule has 0 amide bonds. The maximum Gasteiger partial charge on any atom is 0.196 e. The number of nitrogens with zero attached hydrogens (tertiary/aromatic N) is 3. The van der Waals surface area contributed by atoms with Crippen LogP contribution in [0.5, 0.6) is 0 Å². The van der Waals surface area contributed by atoms with E-state index in [-0.39, 0.29) is 5.78 Å². The fourth-order valence-corrected chi connectivity index (χ4v) is 2.02. The first-order chi connectivity index (χ1) is 9.16. The van der Waals surface area contributed by atoms with Gasteiger partial charge in [0.1, 0.15) is 0 Å². The number of rotatable bonds is 3. The van der Waals surface area contributed by atoms with Gasteiger partial charge in [0.25, 0.3) is 0 Å². The van der Waals surface area contributed by atoms with Gasteiger partial charge in [-0.3, -0.25) is 10.2 Å². The fourth-order valence-electron chi connectivity index (χ4n) is 2.02. The summed E-state index contributed by atoms with van der Waals surface area (Å²) in [6.07, 6.45) is 0. The Kier molecular flexibility index (Phi) is 4.52. The summed E-state index contributed by atoms with van der Waals surface area (Å²) in [4.78, 5) is 16.0. The van der Waals surface area contributed by atoms with E-state index in [1.807, 2.05) is 35.2 Å². The average Bonchev–Trinajstić information content (AvgIpc) is 2.42. The van der Waals surface area contributed by atoms with Crippen molar-refractivity contribution in [3.05, 3.63) is 30.3 Å². The number of ketones is 1. The van der Waals surface area contributed by atoms with Gasteiger partial charge in [0.2, 0.25) is 0 Å². The van der Waals surface area contributed by atoms with Gasteiger partial charge in [-0.1, -0.05) is 18.2 Å². The van der Waals surface area contributed by atoms with Crippen LogP contribution in [-0.2, 0) is 4.79 Å². The third kappa shape index (κ3) is 3.79. The Labute approximate surface area is 113 Å². The summed E-state index contributed by atoms with van der Waals surface area (Å²) in [6, 6.07) is 9.65. The fraction of sp³-hybridized carbons (Fsp3) is 0.429. The topological polar surface area (TPSA) is 47.9 Å². The summed E-state index contributed by atoms with van der Waals surface area (Å²) in [7, 11) is 2.09. The van der Waals surface area contributed by atoms with E-state index in [1.54, 1.807) is 6.92 Å². The molecule has 2 rings (SSSR count). The molecule has 1 N–H and O–H groups in total. The molecule has 1 aliphatic heterocycles. The van der Waals surface area contributed by atoms with Crippen LogP contribution in [0.15, 0.2) is 35.4 Å². The number of hydrogen-bond acceptors (Lipinski definition) is 4. The monoisotopic (exact) mass is 260 g/mol. The highest BCUT2D eigenvalue weighted by Gasteiger charge is 2.20. The Morgan fingerprint density at radius 2 is 1.79 bits per heavy atom. The van der Waals surface area contributed by atoms with Crippen LogP contribution in [0.4, 0.5) is 5.69 Å². The van der Waals surface area contributed by atoms with Gasteiger partial charge in [0.15, 0.2) is 11.6 Å². The number of piperazine rings is 1. The van der Waals surface area contributed by atoms with E-state index in [9.17, 15) is 4.79 Å². The number of hydrazone groups is 1. The number of amidine groups is 1. The number of benzene rings is 1. The molecule has 102 valence electrons. The molecule has 0 unspecified atom stereocenters. The van der Waals surface area contributed by atoms with Crippen molar-refractivity contribution >= 4 is 17.3 Å². The summed E-state index contributed by atoms with van der Waals surface area (Å²) in [5.74, 6) is 0.505. The lowest BCUT2D eigenvalue weighted by molar-refractivity contribution is -0.111. The van der Waals surface area contributed by atoms with Crippen molar-refractivity contribution < 1.29 is 4.79 Å². The molecule has 1 saturated heterocycles. The Balaban J connectivity index is 2.05. The van der Waals surface area contributed by atoms with E-state index in [0.29, 0.717) is 5.84 Å². The van der Waals surface area contributed by atoms with Gasteiger partial charge in [-0.25, -0.2) is 0 Å². The molecular formula is C14H20N4O. The third-order valence-electron chi connectivity index (χ3n) is 3.18. The highest BCUT2D eigenvalue weighted by molar-refractivity contribution is 6.37. The van der Waals surface area contributed by atoms with Gasteiger partial charge in [-0.2, -0.15) is 5.10 Å². The van der Waals surface area contributed by atoms with E-state index >= 15 is 0 Å². The van der Waals surface area contributed by atoms with Crippen molar-refractivity contribution in [1.29, 1.82) is 0 Å². The molecule has 0 aliphatic carbocycles. The Bertz CT molecular complexity index is 450. The first kappa shape index (κ1) is 13.5. The number of anilines is 1. The molecule has 0 bridgehead atoms. The van der Waals surface area contributed by atoms with Gasteiger partial charge in [0, 0.05) is 33.1 Å². The summed E-state index contributed by atoms with van der Waals surface area (Å²) >= 11 is 0. The van der Waals surface area contributed by atoms with Crippen molar-refractivity contribution in [1.82, 2.24) is 9.80 Å². The lowest BCUT2D eigenvalue weighted by atomic mass is 10.3. The number of para-hydroxylation sites is 1. The quantitative estimate of drug-likeness (QED) is 0.505. The molecule has 0 spiro atoms. The number of nitrogens with one attached hydrogen (secondary N) is 1. The van der Waals surface area contributed by atoms with Crippen molar-refractivity contribution in [3.63, 3.8) is 0 Å². The van der Waals surface area contributed by atoms with Gasteiger partial charge in [-0.05, 0) is 19.2 Å². The zero-order chi connectivity index (χ0) is 13.7. The second-order valence-corrected chi connectivity index (χ2v) is 4.76. The number of carbonyl (C=O) groups excluding carboxylic acids is 1. The maximum absolute atomic E-state index is 11.7. The molecule has 19 heavy (non-hydrogen) atoms. The highest BCUT2D eigenvalue weighted by atomic mass is 16.1. The van der Waals surface area contributed by atoms with Crippen molar-refractivity contribution in [2.45, 2.75) is 6.92 Å². The van der Waals surface area contributed by atoms with Crippen LogP contribution < -0.4 is 5.43 Å². The van der Waals surface area contributed by atoms with Crippen LogP contribution in [0.3, 0.4) is 0 Å². The van der Waals surface area contributed by atoms with E-state index in [0.717, 1.165) is 31.9 Å². The van der Waals surface area contributed by atoms with Crippen LogP contribution in [0, 0.1) is 0 Å². The number of Topliss-reactive ketones (excluding diaryl/α,β-unsaturated/α-hetero) is 1. The summed E-state index contributed by atoms with van der Waals surface area (Å²) in [5.41, 5.74) is 3.83. The second-order valence-electron chi connectivity index (χ2n) is 4.76. The normalized spacial score (nSPS) is 17.4. The van der Waals surface area contributed by atoms with Crippen LogP contribution >= 0.6 is 0 Å². The molecule has 5 heteroatoms. The zero-order valence-electron chi connectivity index (χ0n) is 11.5. The maximum atomic E-state index is 11.7. The molecule has 0 saturated carbocycles. The zero-order valence-corrected chi connectivity index (χ0v) is 11.5. The minimum Gasteiger partial charge on any atom is -0.350 e. The van der Waals surface area contributed by atoms with Crippen LogP contribution in [0.1, 0.15) is 6.92 Å². The predicted octanol–water partition coefficient (Wildman–Crippen LogP) is 1.25. The van der Waals surface area contributed by atoms with Crippen molar-refractivity contribution in [2.24, 2.45) is 5.10 Å². The largest absolute Gasteiger partial charge is 0.350 e. The first-order valence-electron chi connectivity index (χ1n) is 6.50. The minimum absolute atomic E-state index is 0.00650. The van der Waals surface area contributed by atoms with Gasteiger partial charge >= 0.3 is 0 Å². The minimum atomic E-state index is -0.00650. The van der Waals surface area contributed by atoms with Crippen LogP contribution in [-0.4, -0.2) is 54.6 Å². The van der Waals surface area contributed by atoms with Gasteiger partial charge in [-0.15, -0.1) is 0 Å². The Hall–Kier alpha value is -1.88. The number of carbonyl (C=O) groups is 1. The SMILES string of the molecule is CC(=O)/C(=N/Nc1ccccc1)N1CCN(C)CC1. The molecule has 0 radical (unpaired) electrons. The molecule has 5 nitrogen and oxygen atoms in total. The Morgan fingerprint density at radius 3 is 2.37 bits per heavy atom. The molecule has 1 heterocycles. The van der Waals surface area contributed by atoms with E-state index in [4.69, 9.17) is 0 Å². The lowest BCUT2D eigenvalue weighted by Crippen LogP contribution is -2.49. The van der Waals surface area contributed by atoms with Crippen molar-refractivity contribution in [2.75, 3.05) is 38.7 Å². The standard InChI is InChI=1S/C14H20N4O/c1-12(19)14(18-10-8-17(2)9-11-18)16-15-13-6-4-3-5-7-13/h3-7,15H,8-11H2,1-2H3/b16-14-. The number of likely N-dealkylation sites (N-methyl/N-ethyl adjacent to an activating group) is 1. The van der Waals surface area contributed by atoms with Gasteiger partial charge < -0.3 is 9.80 Å². The predicted molar refractivity (Wildman–Crippen MR) is 77.3 cm³/mol. The summed E-state index contributed by atoms with van der Waals surface area (Å²) < 4.78 is 0. The lowest BCUT2D eigenvalue weighted by Gasteiger charge is -2.33. The van der Waals surface area contributed by atoms with E-state index < -0.39 is 0 Å². The second kappa shape index (κ2) is 6.33. The van der Waals surface area contributed by atoms with Gasteiger partial charge in [0.05, 0.1) is 5.69 Å². The molecule has 1 aromatic rings. The molecule has 1 fully saturated rings. The van der Waals surface area contributed by atoms with Crippen LogP contribution in [0.2, 0.25) is 0 Å². The molecule has 0 aromatic heterocycles.